The van der Waals surface area contributed by atoms with Crippen molar-refractivity contribution in [2.75, 3.05) is 20.8 Å². The largest absolute Gasteiger partial charge is 0.493 e. The van der Waals surface area contributed by atoms with E-state index in [-0.39, 0.29) is 12.2 Å². The maximum atomic E-state index is 12.2. The molecule has 23 heavy (non-hydrogen) atoms. The van der Waals surface area contributed by atoms with Gasteiger partial charge < -0.3 is 24.2 Å². The van der Waals surface area contributed by atoms with E-state index in [0.29, 0.717) is 38.9 Å². The first-order valence-electron chi connectivity index (χ1n) is 7.06. The van der Waals surface area contributed by atoms with Crippen LogP contribution < -0.4 is 15.0 Å². The van der Waals surface area contributed by atoms with Crippen LogP contribution >= 0.6 is 0 Å². The van der Waals surface area contributed by atoms with Crippen LogP contribution in [0.15, 0.2) is 23.1 Å². The lowest BCUT2D eigenvalue weighted by Crippen LogP contribution is -2.08. The molecule has 0 aliphatic heterocycles. The second-order valence-corrected chi connectivity index (χ2v) is 4.88. The van der Waals surface area contributed by atoms with Crippen LogP contribution in [0.2, 0.25) is 0 Å². The lowest BCUT2D eigenvalue weighted by molar-refractivity contribution is 0.0529. The van der Waals surface area contributed by atoms with Gasteiger partial charge in [0.1, 0.15) is 5.52 Å². The van der Waals surface area contributed by atoms with Crippen LogP contribution in [0.5, 0.6) is 11.5 Å². The first-order chi connectivity index (χ1) is 11.1. The molecule has 0 fully saturated rings. The molecule has 3 aromatic rings. The van der Waals surface area contributed by atoms with E-state index < -0.39 is 5.97 Å². The Bertz CT molecular complexity index is 954. The molecule has 120 valence electrons. The smallest absolute Gasteiger partial charge is 0.340 e. The molecule has 1 aromatic carbocycles. The van der Waals surface area contributed by atoms with Crippen LogP contribution in [0.25, 0.3) is 21.8 Å². The van der Waals surface area contributed by atoms with Gasteiger partial charge in [0.05, 0.1) is 31.9 Å². The number of pyridine rings is 1. The number of nitrogens with one attached hydrogen (secondary N) is 2. The standard InChI is InChI=1S/C16H16N2O5/c1-4-23-16(20)9-7-17-14-13(9)8-5-11(21-2)12(22-3)6-10(8)18-15(14)19/h5-7,17H,4H2,1-3H3,(H,18,19). The quantitative estimate of drug-likeness (QED) is 0.720. The molecule has 0 unspecified atom stereocenters. The number of aromatic amines is 2. The van der Waals surface area contributed by atoms with Gasteiger partial charge in [-0.3, -0.25) is 4.79 Å². The van der Waals surface area contributed by atoms with Crippen LogP contribution in [0, 0.1) is 0 Å². The Kier molecular flexibility index (Phi) is 3.69. The molecule has 7 heteroatoms. The number of hydrogen-bond acceptors (Lipinski definition) is 5. The van der Waals surface area contributed by atoms with E-state index in [1.165, 1.54) is 20.4 Å². The van der Waals surface area contributed by atoms with Crippen LogP contribution in [-0.4, -0.2) is 36.8 Å². The number of rotatable bonds is 4. The van der Waals surface area contributed by atoms with Crippen molar-refractivity contribution in [1.82, 2.24) is 9.97 Å². The second-order valence-electron chi connectivity index (χ2n) is 4.88. The van der Waals surface area contributed by atoms with Gasteiger partial charge in [-0.1, -0.05) is 0 Å². The maximum absolute atomic E-state index is 12.2. The van der Waals surface area contributed by atoms with Crippen molar-refractivity contribution in [3.05, 3.63) is 34.2 Å². The number of fused-ring (bicyclic) bond motifs is 3. The van der Waals surface area contributed by atoms with Crippen molar-refractivity contribution < 1.29 is 19.0 Å². The third kappa shape index (κ3) is 2.30. The fourth-order valence-electron chi connectivity index (χ4n) is 2.63. The number of carbonyl (C=O) groups excluding carboxylic acids is 1. The molecule has 0 bridgehead atoms. The van der Waals surface area contributed by atoms with Crippen molar-refractivity contribution in [3.8, 4) is 11.5 Å². The Hall–Kier alpha value is -2.96. The number of aromatic nitrogens is 2. The lowest BCUT2D eigenvalue weighted by Gasteiger charge is -2.10. The van der Waals surface area contributed by atoms with Crippen molar-refractivity contribution in [2.45, 2.75) is 6.92 Å². The van der Waals surface area contributed by atoms with E-state index in [4.69, 9.17) is 14.2 Å². The average Bonchev–Trinajstić information content (AvgIpc) is 3.00. The Morgan fingerprint density at radius 1 is 1.17 bits per heavy atom. The molecule has 0 atom stereocenters. The van der Waals surface area contributed by atoms with Crippen molar-refractivity contribution in [3.63, 3.8) is 0 Å². The molecule has 0 amide bonds. The third-order valence-electron chi connectivity index (χ3n) is 3.64. The Morgan fingerprint density at radius 3 is 2.52 bits per heavy atom. The number of carbonyl (C=O) groups is 1. The number of methoxy groups -OCH3 is 2. The zero-order valence-electron chi connectivity index (χ0n) is 13.0. The SMILES string of the molecule is CCOC(=O)c1c[nH]c2c(=O)[nH]c3cc(OC)c(OC)cc3c12. The predicted molar refractivity (Wildman–Crippen MR) is 85.5 cm³/mol. The van der Waals surface area contributed by atoms with Crippen molar-refractivity contribution >= 4 is 27.8 Å². The molecule has 0 aliphatic carbocycles. The topological polar surface area (TPSA) is 93.4 Å². The van der Waals surface area contributed by atoms with Gasteiger partial charge >= 0.3 is 5.97 Å². The molecular formula is C16H16N2O5. The summed E-state index contributed by atoms with van der Waals surface area (Å²) in [5, 5.41) is 1.17. The summed E-state index contributed by atoms with van der Waals surface area (Å²) in [6.45, 7) is 1.98. The highest BCUT2D eigenvalue weighted by Crippen LogP contribution is 2.34. The van der Waals surface area contributed by atoms with Gasteiger partial charge in [0.15, 0.2) is 11.5 Å². The van der Waals surface area contributed by atoms with Crippen molar-refractivity contribution in [2.24, 2.45) is 0 Å². The fraction of sp³-hybridized carbons (Fsp3) is 0.250. The summed E-state index contributed by atoms with van der Waals surface area (Å²) >= 11 is 0. The van der Waals surface area contributed by atoms with Gasteiger partial charge in [-0.05, 0) is 13.0 Å². The van der Waals surface area contributed by atoms with Crippen LogP contribution in [0.4, 0.5) is 0 Å². The van der Waals surface area contributed by atoms with Gasteiger partial charge in [0, 0.05) is 23.0 Å². The highest BCUT2D eigenvalue weighted by atomic mass is 16.5. The van der Waals surface area contributed by atoms with Gasteiger partial charge in [-0.25, -0.2) is 4.79 Å². The highest BCUT2D eigenvalue weighted by Gasteiger charge is 2.19. The third-order valence-corrected chi connectivity index (χ3v) is 3.64. The van der Waals surface area contributed by atoms with E-state index in [2.05, 4.69) is 9.97 Å². The Balaban J connectivity index is 2.42. The van der Waals surface area contributed by atoms with E-state index in [1.807, 2.05) is 0 Å². The van der Waals surface area contributed by atoms with Crippen molar-refractivity contribution in [1.29, 1.82) is 0 Å². The van der Waals surface area contributed by atoms with Crippen LogP contribution in [0.1, 0.15) is 17.3 Å². The van der Waals surface area contributed by atoms with E-state index in [0.717, 1.165) is 0 Å². The number of hydrogen-bond donors (Lipinski definition) is 2. The summed E-state index contributed by atoms with van der Waals surface area (Å²) in [6.07, 6.45) is 1.48. The first kappa shape index (κ1) is 15.0. The monoisotopic (exact) mass is 316 g/mol. The number of H-pyrrole nitrogens is 2. The molecular weight excluding hydrogens is 300 g/mol. The zero-order chi connectivity index (χ0) is 16.6. The maximum Gasteiger partial charge on any atom is 0.340 e. The Morgan fingerprint density at radius 2 is 1.87 bits per heavy atom. The van der Waals surface area contributed by atoms with E-state index >= 15 is 0 Å². The molecule has 2 N–H and O–H groups in total. The summed E-state index contributed by atoms with van der Waals surface area (Å²) in [6, 6.07) is 3.39. The molecule has 7 nitrogen and oxygen atoms in total. The van der Waals surface area contributed by atoms with E-state index in [1.54, 1.807) is 19.1 Å². The van der Waals surface area contributed by atoms with Gasteiger partial charge in [0.2, 0.25) is 0 Å². The van der Waals surface area contributed by atoms with Crippen LogP contribution in [0.3, 0.4) is 0 Å². The highest BCUT2D eigenvalue weighted by molar-refractivity contribution is 6.15. The number of benzene rings is 1. The molecule has 0 spiro atoms. The molecule has 0 aliphatic rings. The first-order valence-corrected chi connectivity index (χ1v) is 7.06. The summed E-state index contributed by atoms with van der Waals surface area (Å²) in [5.74, 6) is 0.507. The number of esters is 1. The van der Waals surface area contributed by atoms with Crippen LogP contribution in [-0.2, 0) is 4.74 Å². The predicted octanol–water partition coefficient (Wildman–Crippen LogP) is 2.20. The second kappa shape index (κ2) is 5.68. The minimum atomic E-state index is -0.486. The molecule has 3 rings (SSSR count). The Labute approximate surface area is 131 Å². The zero-order valence-corrected chi connectivity index (χ0v) is 13.0. The molecule has 2 aromatic heterocycles. The van der Waals surface area contributed by atoms with Gasteiger partial charge in [-0.2, -0.15) is 0 Å². The average molecular weight is 316 g/mol. The number of ether oxygens (including phenoxy) is 3. The van der Waals surface area contributed by atoms with Gasteiger partial charge in [-0.15, -0.1) is 0 Å². The summed E-state index contributed by atoms with van der Waals surface area (Å²) in [5.41, 5.74) is 0.846. The molecule has 2 heterocycles. The molecule has 0 saturated carbocycles. The summed E-state index contributed by atoms with van der Waals surface area (Å²) < 4.78 is 15.6. The summed E-state index contributed by atoms with van der Waals surface area (Å²) in [4.78, 5) is 30.0. The van der Waals surface area contributed by atoms with Gasteiger partial charge in [0.25, 0.3) is 5.56 Å². The molecule has 0 radical (unpaired) electrons. The minimum Gasteiger partial charge on any atom is -0.493 e. The summed E-state index contributed by atoms with van der Waals surface area (Å²) in [7, 11) is 3.04. The fourth-order valence-corrected chi connectivity index (χ4v) is 2.63. The normalized spacial score (nSPS) is 10.9. The molecule has 0 saturated heterocycles. The van der Waals surface area contributed by atoms with E-state index in [9.17, 15) is 9.59 Å². The minimum absolute atomic E-state index is 0.254. The lowest BCUT2D eigenvalue weighted by atomic mass is 10.1.